The molecule has 0 aromatic rings. The number of allylic oxidation sites excluding steroid dienone is 1. The van der Waals surface area contributed by atoms with Gasteiger partial charge in [0, 0.05) is 13.0 Å². The molecule has 1 aliphatic rings. The molecule has 0 aromatic carbocycles. The van der Waals surface area contributed by atoms with E-state index < -0.39 is 18.6 Å². The van der Waals surface area contributed by atoms with Crippen molar-refractivity contribution in [1.82, 2.24) is 4.90 Å². The minimum absolute atomic E-state index is 0.0432. The summed E-state index contributed by atoms with van der Waals surface area (Å²) in [7, 11) is 0. The Kier molecular flexibility index (Phi) is 5.87. The second-order valence-electron chi connectivity index (χ2n) is 4.62. The van der Waals surface area contributed by atoms with Crippen molar-refractivity contribution in [3.8, 4) is 6.07 Å². The van der Waals surface area contributed by atoms with Crippen LogP contribution in [0.3, 0.4) is 0 Å². The van der Waals surface area contributed by atoms with Crippen molar-refractivity contribution < 1.29 is 18.0 Å². The van der Waals surface area contributed by atoms with Gasteiger partial charge in [-0.2, -0.15) is 18.4 Å². The topological polar surface area (TPSA) is 44.1 Å². The summed E-state index contributed by atoms with van der Waals surface area (Å²) in [4.78, 5) is 12.6. The number of hydrogen-bond donors (Lipinski definition) is 0. The third-order valence-corrected chi connectivity index (χ3v) is 2.98. The summed E-state index contributed by atoms with van der Waals surface area (Å²) >= 11 is 0. The van der Waals surface area contributed by atoms with Crippen LogP contribution in [0.2, 0.25) is 0 Å². The summed E-state index contributed by atoms with van der Waals surface area (Å²) in [5.41, 5.74) is 0.917. The minimum Gasteiger partial charge on any atom is -0.332 e. The van der Waals surface area contributed by atoms with Crippen LogP contribution in [0.1, 0.15) is 38.5 Å². The lowest BCUT2D eigenvalue weighted by atomic mass is 9.97. The molecular formula is C13H17F3N2O. The van der Waals surface area contributed by atoms with E-state index in [9.17, 15) is 18.0 Å². The molecule has 0 radical (unpaired) electrons. The molecule has 0 unspecified atom stereocenters. The third-order valence-electron chi connectivity index (χ3n) is 2.98. The molecule has 0 fully saturated rings. The van der Waals surface area contributed by atoms with Crippen LogP contribution in [0.5, 0.6) is 0 Å². The Morgan fingerprint density at radius 3 is 2.68 bits per heavy atom. The van der Waals surface area contributed by atoms with Gasteiger partial charge in [-0.3, -0.25) is 4.79 Å². The Hall–Kier alpha value is -1.51. The summed E-state index contributed by atoms with van der Waals surface area (Å²) in [6.07, 6.45) is 1.20. The lowest BCUT2D eigenvalue weighted by molar-refractivity contribution is -0.160. The molecule has 0 N–H and O–H groups in total. The van der Waals surface area contributed by atoms with Crippen LogP contribution >= 0.6 is 0 Å². The van der Waals surface area contributed by atoms with Crippen LogP contribution in [0.15, 0.2) is 11.6 Å². The summed E-state index contributed by atoms with van der Waals surface area (Å²) in [5.74, 6) is -0.541. The van der Waals surface area contributed by atoms with Crippen molar-refractivity contribution in [1.29, 1.82) is 5.26 Å². The van der Waals surface area contributed by atoms with E-state index >= 15 is 0 Å². The maximum atomic E-state index is 12.4. The van der Waals surface area contributed by atoms with Gasteiger partial charge in [0.25, 0.3) is 0 Å². The van der Waals surface area contributed by atoms with Gasteiger partial charge in [-0.25, -0.2) is 0 Å². The Balaban J connectivity index is 2.60. The first-order valence-electron chi connectivity index (χ1n) is 6.32. The number of carbonyl (C=O) groups excluding carboxylic acids is 1. The van der Waals surface area contributed by atoms with Crippen molar-refractivity contribution in [3.63, 3.8) is 0 Å². The van der Waals surface area contributed by atoms with Crippen LogP contribution in [-0.4, -0.2) is 30.1 Å². The Morgan fingerprint density at radius 2 is 2.16 bits per heavy atom. The molecule has 1 rings (SSSR count). The molecule has 1 aliphatic carbocycles. The second-order valence-corrected chi connectivity index (χ2v) is 4.62. The van der Waals surface area contributed by atoms with Crippen molar-refractivity contribution in [3.05, 3.63) is 11.6 Å². The van der Waals surface area contributed by atoms with Crippen molar-refractivity contribution >= 4 is 5.91 Å². The van der Waals surface area contributed by atoms with Crippen LogP contribution in [0, 0.1) is 11.3 Å². The zero-order valence-corrected chi connectivity index (χ0v) is 10.7. The minimum atomic E-state index is -4.42. The van der Waals surface area contributed by atoms with Gasteiger partial charge >= 0.3 is 6.18 Å². The zero-order valence-electron chi connectivity index (χ0n) is 10.7. The number of nitriles is 1. The number of carbonyl (C=O) groups is 1. The summed E-state index contributed by atoms with van der Waals surface area (Å²) in [6.45, 7) is -1.44. The summed E-state index contributed by atoms with van der Waals surface area (Å²) < 4.78 is 37.1. The third kappa shape index (κ3) is 6.27. The molecule has 0 atom stereocenters. The van der Waals surface area contributed by atoms with Gasteiger partial charge in [-0.05, 0) is 25.7 Å². The first kappa shape index (κ1) is 15.5. The van der Waals surface area contributed by atoms with Crippen molar-refractivity contribution in [2.45, 2.75) is 44.7 Å². The lowest BCUT2D eigenvalue weighted by Gasteiger charge is -2.24. The van der Waals surface area contributed by atoms with Gasteiger partial charge in [0.2, 0.25) is 5.91 Å². The zero-order chi connectivity index (χ0) is 14.3. The molecule has 0 saturated heterocycles. The van der Waals surface area contributed by atoms with Gasteiger partial charge in [0.15, 0.2) is 0 Å². The van der Waals surface area contributed by atoms with Crippen LogP contribution < -0.4 is 0 Å². The van der Waals surface area contributed by atoms with Gasteiger partial charge in [0.05, 0.1) is 12.5 Å². The molecule has 19 heavy (non-hydrogen) atoms. The highest BCUT2D eigenvalue weighted by Gasteiger charge is 2.32. The van der Waals surface area contributed by atoms with Crippen LogP contribution in [0.25, 0.3) is 0 Å². The monoisotopic (exact) mass is 274 g/mol. The number of rotatable bonds is 5. The molecule has 6 heteroatoms. The van der Waals surface area contributed by atoms with Gasteiger partial charge < -0.3 is 4.90 Å². The standard InChI is InChI=1S/C13H17F3N2O/c14-13(15,16)10-18(8-4-7-17)12(19)9-11-5-2-1-3-6-11/h5H,1-4,6,8-10H2. The number of amides is 1. The number of hydrogen-bond acceptors (Lipinski definition) is 2. The largest absolute Gasteiger partial charge is 0.406 e. The smallest absolute Gasteiger partial charge is 0.332 e. The molecule has 0 aliphatic heterocycles. The molecule has 0 spiro atoms. The van der Waals surface area contributed by atoms with Crippen LogP contribution in [-0.2, 0) is 4.79 Å². The van der Waals surface area contributed by atoms with Gasteiger partial charge in [-0.15, -0.1) is 0 Å². The molecular weight excluding hydrogens is 257 g/mol. The molecule has 1 amide bonds. The van der Waals surface area contributed by atoms with E-state index in [1.54, 1.807) is 6.07 Å². The number of alkyl halides is 3. The first-order chi connectivity index (χ1) is 8.92. The molecule has 106 valence electrons. The van der Waals surface area contributed by atoms with E-state index in [-0.39, 0.29) is 19.4 Å². The van der Waals surface area contributed by atoms with Gasteiger partial charge in [-0.1, -0.05) is 11.6 Å². The van der Waals surface area contributed by atoms with Crippen LogP contribution in [0.4, 0.5) is 13.2 Å². The quantitative estimate of drug-likeness (QED) is 0.723. The maximum absolute atomic E-state index is 12.4. The van der Waals surface area contributed by atoms with E-state index in [0.29, 0.717) is 0 Å². The fourth-order valence-corrected chi connectivity index (χ4v) is 2.06. The first-order valence-corrected chi connectivity index (χ1v) is 6.32. The van der Waals surface area contributed by atoms with E-state index in [2.05, 4.69) is 0 Å². The fraction of sp³-hybridized carbons (Fsp3) is 0.692. The average Bonchev–Trinajstić information content (AvgIpc) is 2.34. The second kappa shape index (κ2) is 7.17. The predicted molar refractivity (Wildman–Crippen MR) is 64.0 cm³/mol. The summed E-state index contributed by atoms with van der Waals surface area (Å²) in [5, 5.41) is 8.44. The van der Waals surface area contributed by atoms with E-state index in [0.717, 1.165) is 36.2 Å². The Bertz CT molecular complexity index is 382. The Labute approximate surface area is 110 Å². The normalized spacial score (nSPS) is 15.6. The van der Waals surface area contributed by atoms with E-state index in [1.807, 2.05) is 6.08 Å². The van der Waals surface area contributed by atoms with Crippen molar-refractivity contribution in [2.24, 2.45) is 0 Å². The lowest BCUT2D eigenvalue weighted by Crippen LogP contribution is -2.39. The number of halogens is 3. The Morgan fingerprint density at radius 1 is 1.42 bits per heavy atom. The van der Waals surface area contributed by atoms with E-state index in [1.165, 1.54) is 0 Å². The SMILES string of the molecule is N#CCCN(CC(F)(F)F)C(=O)CC1=CCCCC1. The highest BCUT2D eigenvalue weighted by atomic mass is 19.4. The maximum Gasteiger partial charge on any atom is 0.406 e. The number of nitrogens with zero attached hydrogens (tertiary/aromatic N) is 2. The average molecular weight is 274 g/mol. The van der Waals surface area contributed by atoms with E-state index in [4.69, 9.17) is 5.26 Å². The molecule has 0 bridgehead atoms. The highest BCUT2D eigenvalue weighted by Crippen LogP contribution is 2.22. The molecule has 0 saturated carbocycles. The van der Waals surface area contributed by atoms with Crippen molar-refractivity contribution in [2.75, 3.05) is 13.1 Å². The predicted octanol–water partition coefficient (Wildman–Crippen LogP) is 3.18. The summed E-state index contributed by atoms with van der Waals surface area (Å²) in [6, 6.07) is 1.77. The molecule has 0 aromatic heterocycles. The fourth-order valence-electron chi connectivity index (χ4n) is 2.06. The molecule has 3 nitrogen and oxygen atoms in total. The molecule has 0 heterocycles. The van der Waals surface area contributed by atoms with Gasteiger partial charge in [0.1, 0.15) is 6.54 Å². The highest BCUT2D eigenvalue weighted by molar-refractivity contribution is 5.78.